The van der Waals surface area contributed by atoms with E-state index < -0.39 is 130 Å². The van der Waals surface area contributed by atoms with E-state index in [-0.39, 0.29) is 0 Å². The van der Waals surface area contributed by atoms with Crippen molar-refractivity contribution in [3.8, 4) is 0 Å². The Kier molecular flexibility index (Phi) is 8.32. The Morgan fingerprint density at radius 2 is 0.487 bits per heavy atom. The molecule has 3 aromatic carbocycles. The second-order valence-electron chi connectivity index (χ2n) is 8.18. The molecule has 0 saturated heterocycles. The Morgan fingerprint density at radius 3 is 0.641 bits per heavy atom. The van der Waals surface area contributed by atoms with Gasteiger partial charge in [-0.3, -0.25) is 0 Å². The maximum absolute atomic E-state index is 15.3. The number of benzene rings is 3. The van der Waals surface area contributed by atoms with E-state index >= 15 is 26.3 Å². The fourth-order valence-electron chi connectivity index (χ4n) is 4.91. The average molecular weight is 602 g/mol. The normalized spacial score (nSPS) is 12.2. The van der Waals surface area contributed by atoms with Crippen molar-refractivity contribution in [2.24, 2.45) is 0 Å². The van der Waals surface area contributed by atoms with Crippen LogP contribution in [0.4, 0.5) is 65.9 Å². The first-order valence-electron chi connectivity index (χ1n) is 10.6. The van der Waals surface area contributed by atoms with Crippen molar-refractivity contribution in [1.82, 2.24) is 0 Å². The highest BCUT2D eigenvalue weighted by Crippen LogP contribution is 2.48. The van der Waals surface area contributed by atoms with Gasteiger partial charge in [0, 0.05) is 12.3 Å². The molecular weight excluding hydrogens is 591 g/mol. The molecule has 212 valence electrons. The number of hydrogen-bond donors (Lipinski definition) is 0. The fourth-order valence-corrected chi connectivity index (χ4v) is 8.62. The highest BCUT2D eigenvalue weighted by molar-refractivity contribution is 8.01. The number of hydrogen-bond acceptors (Lipinski definition) is 0. The van der Waals surface area contributed by atoms with E-state index in [4.69, 9.17) is 0 Å². The number of rotatable bonds is 6. The van der Waals surface area contributed by atoms with E-state index in [9.17, 15) is 39.5 Å². The number of halogens is 15. The van der Waals surface area contributed by atoms with E-state index in [0.29, 0.717) is 0 Å². The summed E-state index contributed by atoms with van der Waals surface area (Å²) >= 11 is 0. The smallest absolute Gasteiger partial charge is 0.207 e. The lowest BCUT2D eigenvalue weighted by atomic mass is 9.33. The molecule has 0 aliphatic heterocycles. The highest BCUT2D eigenvalue weighted by atomic mass is 31.1. The van der Waals surface area contributed by atoms with Crippen LogP contribution in [0.1, 0.15) is 13.8 Å². The fraction of sp³-hybridized carbons (Fsp3) is 0.182. The van der Waals surface area contributed by atoms with Gasteiger partial charge in [-0.25, -0.2) is 65.9 Å². The van der Waals surface area contributed by atoms with Gasteiger partial charge in [-0.1, -0.05) is 16.4 Å². The second kappa shape index (κ2) is 10.6. The van der Waals surface area contributed by atoms with Crippen LogP contribution in [0.3, 0.4) is 0 Å². The molecule has 0 fully saturated rings. The summed E-state index contributed by atoms with van der Waals surface area (Å²) < 4.78 is 220. The summed E-state index contributed by atoms with van der Waals surface area (Å²) in [5.41, 5.74) is -7.55. The van der Waals surface area contributed by atoms with Crippen molar-refractivity contribution in [2.45, 2.75) is 13.8 Å². The molecule has 0 radical (unpaired) electrons. The summed E-state index contributed by atoms with van der Waals surface area (Å²) in [5, 5.41) is 0. The van der Waals surface area contributed by atoms with Gasteiger partial charge < -0.3 is 0 Å². The molecule has 0 atom stereocenters. The SMILES string of the molecule is CC[PH+](CC)[B-](c1c(F)c(F)c(F)c(F)c1F)(c1c(F)c(F)c(F)c(F)c1F)c1c(F)c(F)c(F)c(F)c1F. The zero-order valence-corrected chi connectivity index (χ0v) is 20.2. The Bertz CT molecular complexity index is 1250. The van der Waals surface area contributed by atoms with Crippen LogP contribution in [-0.4, -0.2) is 18.2 Å². The van der Waals surface area contributed by atoms with E-state index in [0.717, 1.165) is 13.8 Å². The van der Waals surface area contributed by atoms with E-state index in [1.165, 1.54) is 0 Å². The molecule has 0 unspecified atom stereocenters. The molecule has 0 saturated carbocycles. The highest BCUT2D eigenvalue weighted by Gasteiger charge is 2.56. The molecule has 0 amide bonds. The minimum atomic E-state index is -5.38. The summed E-state index contributed by atoms with van der Waals surface area (Å²) in [6.45, 7) is 1.94. The first-order chi connectivity index (χ1) is 18.0. The minimum absolute atomic E-state index is 0.750. The van der Waals surface area contributed by atoms with Crippen LogP contribution in [0.15, 0.2) is 0 Å². The van der Waals surface area contributed by atoms with Crippen LogP contribution in [0.5, 0.6) is 0 Å². The zero-order valence-electron chi connectivity index (χ0n) is 19.2. The topological polar surface area (TPSA) is 0 Å². The molecule has 0 N–H and O–H groups in total. The lowest BCUT2D eigenvalue weighted by molar-refractivity contribution is 0.380. The Morgan fingerprint density at radius 1 is 0.333 bits per heavy atom. The molecule has 3 rings (SSSR count). The predicted octanol–water partition coefficient (Wildman–Crippen LogP) is 5.99. The molecule has 0 nitrogen and oxygen atoms in total. The van der Waals surface area contributed by atoms with Gasteiger partial charge in [0.1, 0.15) is 34.9 Å². The third kappa shape index (κ3) is 4.08. The van der Waals surface area contributed by atoms with Crippen LogP contribution < -0.4 is 16.4 Å². The van der Waals surface area contributed by atoms with Crippen LogP contribution in [0.25, 0.3) is 0 Å². The van der Waals surface area contributed by atoms with Gasteiger partial charge >= 0.3 is 0 Å². The lowest BCUT2D eigenvalue weighted by Crippen LogP contribution is -2.72. The molecule has 0 aliphatic carbocycles. The third-order valence-corrected chi connectivity index (χ3v) is 10.5. The van der Waals surface area contributed by atoms with Gasteiger partial charge in [-0.15, -0.1) is 7.80 Å². The second-order valence-corrected chi connectivity index (χ2v) is 11.8. The van der Waals surface area contributed by atoms with Crippen molar-refractivity contribution < 1.29 is 65.9 Å². The van der Waals surface area contributed by atoms with Crippen molar-refractivity contribution in [3.05, 3.63) is 87.3 Å². The monoisotopic (exact) mass is 602 g/mol. The predicted molar refractivity (Wildman–Crippen MR) is 113 cm³/mol. The summed E-state index contributed by atoms with van der Waals surface area (Å²) in [4.78, 5) is 0. The van der Waals surface area contributed by atoms with Crippen LogP contribution in [0, 0.1) is 87.3 Å². The molecule has 0 aliphatic rings. The molecule has 3 aromatic rings. The molecule has 0 bridgehead atoms. The Balaban J connectivity index is 2.96. The molecule has 39 heavy (non-hydrogen) atoms. The lowest BCUT2D eigenvalue weighted by Gasteiger charge is -2.43. The van der Waals surface area contributed by atoms with Crippen LogP contribution >= 0.6 is 7.80 Å². The van der Waals surface area contributed by atoms with Crippen molar-refractivity contribution in [2.75, 3.05) is 12.3 Å². The first-order valence-corrected chi connectivity index (χ1v) is 12.6. The molecule has 0 spiro atoms. The summed E-state index contributed by atoms with van der Waals surface area (Å²) in [7, 11) is -3.69. The van der Waals surface area contributed by atoms with Crippen LogP contribution in [0.2, 0.25) is 0 Å². The standard InChI is InChI=1S/C22H11BF15P/c1-3-39(4-2)23(5-8(24)14(30)20(36)15(31)9(5)25,6-10(26)16(32)21(37)17(33)11(6)27)7-12(28)18(34)22(38)19(35)13(7)29/h39H,3-4H2,1-2H3. The molecule has 0 aromatic heterocycles. The maximum atomic E-state index is 15.3. The molecule has 17 heteroatoms. The van der Waals surface area contributed by atoms with Crippen molar-refractivity contribution in [3.63, 3.8) is 0 Å². The Hall–Kier alpha value is -2.90. The van der Waals surface area contributed by atoms with Gasteiger partial charge in [0.05, 0.1) is 0 Å². The summed E-state index contributed by atoms with van der Waals surface area (Å²) in [6.07, 6.45) is -1.50. The zero-order chi connectivity index (χ0) is 29.9. The van der Waals surface area contributed by atoms with E-state index in [1.54, 1.807) is 0 Å². The van der Waals surface area contributed by atoms with E-state index in [2.05, 4.69) is 0 Å². The summed E-state index contributed by atoms with van der Waals surface area (Å²) in [6, 6.07) is 0. The minimum Gasteiger partial charge on any atom is -0.207 e. The quantitative estimate of drug-likeness (QED) is 0.107. The van der Waals surface area contributed by atoms with E-state index in [1.807, 2.05) is 0 Å². The Labute approximate surface area is 210 Å². The molecular formula is C22H11BF15P. The van der Waals surface area contributed by atoms with Gasteiger partial charge in [0.25, 0.3) is 5.87 Å². The van der Waals surface area contributed by atoms with Gasteiger partial charge in [0.2, 0.25) is 0 Å². The largest absolute Gasteiger partial charge is 0.261 e. The third-order valence-electron chi connectivity index (χ3n) is 6.55. The van der Waals surface area contributed by atoms with Gasteiger partial charge in [-0.2, -0.15) is 0 Å². The average Bonchev–Trinajstić information content (AvgIpc) is 2.91. The van der Waals surface area contributed by atoms with Gasteiger partial charge in [-0.05, 0) is 13.8 Å². The van der Waals surface area contributed by atoms with Crippen molar-refractivity contribution in [1.29, 1.82) is 0 Å². The first kappa shape index (κ1) is 30.6. The van der Waals surface area contributed by atoms with Crippen LogP contribution in [-0.2, 0) is 0 Å². The van der Waals surface area contributed by atoms with Gasteiger partial charge in [0.15, 0.2) is 52.4 Å². The molecule has 0 heterocycles. The maximum Gasteiger partial charge on any atom is 0.261 e. The summed E-state index contributed by atoms with van der Waals surface area (Å²) in [5.74, 6) is -49.8. The van der Waals surface area contributed by atoms with Crippen molar-refractivity contribution >= 4 is 30.1 Å².